The van der Waals surface area contributed by atoms with Crippen molar-refractivity contribution in [3.63, 3.8) is 0 Å². The monoisotopic (exact) mass is 377 g/mol. The number of hydrogen-bond acceptors (Lipinski definition) is 6. The second kappa shape index (κ2) is 10.5. The summed E-state index contributed by atoms with van der Waals surface area (Å²) in [7, 11) is 0. The lowest BCUT2D eigenvalue weighted by molar-refractivity contribution is -0.384. The van der Waals surface area contributed by atoms with Crippen molar-refractivity contribution >= 4 is 23.3 Å². The highest BCUT2D eigenvalue weighted by Gasteiger charge is 2.23. The van der Waals surface area contributed by atoms with Gasteiger partial charge in [-0.3, -0.25) is 19.7 Å². The van der Waals surface area contributed by atoms with Crippen LogP contribution in [0.15, 0.2) is 24.3 Å². The quantitative estimate of drug-likeness (QED) is 0.296. The molecule has 8 nitrogen and oxygen atoms in total. The van der Waals surface area contributed by atoms with Gasteiger partial charge in [-0.2, -0.15) is 0 Å². The van der Waals surface area contributed by atoms with Crippen LogP contribution in [0.25, 0.3) is 0 Å². The number of anilines is 1. The molecule has 8 heteroatoms. The van der Waals surface area contributed by atoms with E-state index in [1.807, 2.05) is 0 Å². The number of hydrogen-bond donors (Lipinski definition) is 2. The molecule has 148 valence electrons. The largest absolute Gasteiger partial charge is 0.456 e. The van der Waals surface area contributed by atoms with E-state index in [2.05, 4.69) is 17.6 Å². The van der Waals surface area contributed by atoms with Gasteiger partial charge in [-0.05, 0) is 31.2 Å². The number of nitro benzene ring substituents is 1. The predicted molar refractivity (Wildman–Crippen MR) is 101 cm³/mol. The molecule has 0 saturated heterocycles. The van der Waals surface area contributed by atoms with Crippen LogP contribution >= 0.6 is 0 Å². The number of nitrogens with one attached hydrogen (secondary N) is 2. The number of esters is 1. The third-order valence-corrected chi connectivity index (χ3v) is 4.80. The summed E-state index contributed by atoms with van der Waals surface area (Å²) >= 11 is 0. The number of carbonyl (C=O) groups excluding carboxylic acids is 2. The summed E-state index contributed by atoms with van der Waals surface area (Å²) in [5.41, 5.74) is 0.408. The molecule has 2 N–H and O–H groups in total. The molecular formula is C19H27N3O5. The first kappa shape index (κ1) is 20.7. The number of nitro groups is 1. The van der Waals surface area contributed by atoms with Crippen molar-refractivity contribution in [3.05, 3.63) is 34.4 Å². The van der Waals surface area contributed by atoms with Gasteiger partial charge in [0, 0.05) is 25.1 Å². The fraction of sp³-hybridized carbons (Fsp3) is 0.579. The van der Waals surface area contributed by atoms with Gasteiger partial charge < -0.3 is 15.4 Å². The molecule has 1 amide bonds. The molecule has 1 aromatic rings. The Morgan fingerprint density at radius 3 is 2.74 bits per heavy atom. The second-order valence-electron chi connectivity index (χ2n) is 6.90. The van der Waals surface area contributed by atoms with E-state index in [-0.39, 0.29) is 30.7 Å². The number of carbonyl (C=O) groups is 2. The number of benzene rings is 1. The van der Waals surface area contributed by atoms with E-state index in [9.17, 15) is 19.7 Å². The third kappa shape index (κ3) is 6.88. The number of rotatable bonds is 9. The summed E-state index contributed by atoms with van der Waals surface area (Å²) in [6.45, 7) is 2.26. The Hall–Kier alpha value is -2.64. The number of para-hydroxylation sites is 2. The van der Waals surface area contributed by atoms with Crippen LogP contribution in [-0.2, 0) is 14.3 Å². The van der Waals surface area contributed by atoms with Crippen LogP contribution in [0, 0.1) is 16.0 Å². The van der Waals surface area contributed by atoms with Crippen molar-refractivity contribution in [1.82, 2.24) is 5.32 Å². The van der Waals surface area contributed by atoms with Gasteiger partial charge in [-0.15, -0.1) is 0 Å². The van der Waals surface area contributed by atoms with E-state index in [1.165, 1.54) is 12.5 Å². The molecule has 1 saturated carbocycles. The topological polar surface area (TPSA) is 111 Å². The van der Waals surface area contributed by atoms with Crippen LogP contribution in [0.5, 0.6) is 0 Å². The van der Waals surface area contributed by atoms with E-state index in [0.29, 0.717) is 24.6 Å². The molecule has 1 aliphatic rings. The maximum Gasteiger partial charge on any atom is 0.306 e. The summed E-state index contributed by atoms with van der Waals surface area (Å²) in [4.78, 5) is 34.1. The number of nitrogens with zero attached hydrogens (tertiary/aromatic N) is 1. The molecule has 0 heterocycles. The minimum Gasteiger partial charge on any atom is -0.456 e. The van der Waals surface area contributed by atoms with E-state index < -0.39 is 10.9 Å². The average Bonchev–Trinajstić information content (AvgIpc) is 2.65. The summed E-state index contributed by atoms with van der Waals surface area (Å²) in [6, 6.07) is 6.50. The predicted octanol–water partition coefficient (Wildman–Crippen LogP) is 3.03. The Morgan fingerprint density at radius 1 is 1.26 bits per heavy atom. The molecule has 1 aliphatic carbocycles. The van der Waals surface area contributed by atoms with E-state index in [0.717, 1.165) is 19.3 Å². The van der Waals surface area contributed by atoms with Crippen LogP contribution in [0.2, 0.25) is 0 Å². The Labute approximate surface area is 158 Å². The molecule has 1 fully saturated rings. The SMILES string of the molecule is C[C@@H]1CCCC[C@H]1NC(=O)COC(=O)CCCNc1ccccc1[N+](=O)[O-]. The molecule has 0 unspecified atom stereocenters. The highest BCUT2D eigenvalue weighted by molar-refractivity contribution is 5.80. The second-order valence-corrected chi connectivity index (χ2v) is 6.90. The number of ether oxygens (including phenoxy) is 1. The van der Waals surface area contributed by atoms with Gasteiger partial charge in [0.2, 0.25) is 0 Å². The molecule has 0 aromatic heterocycles. The summed E-state index contributed by atoms with van der Waals surface area (Å²) in [6.07, 6.45) is 4.98. The molecule has 2 atom stereocenters. The third-order valence-electron chi connectivity index (χ3n) is 4.80. The summed E-state index contributed by atoms with van der Waals surface area (Å²) in [5, 5.41) is 16.8. The van der Waals surface area contributed by atoms with Crippen LogP contribution in [0.4, 0.5) is 11.4 Å². The molecule has 0 radical (unpaired) electrons. The van der Waals surface area contributed by atoms with Crippen molar-refractivity contribution < 1.29 is 19.2 Å². The molecule has 0 aliphatic heterocycles. The minimum absolute atomic E-state index is 0.00584. The molecular weight excluding hydrogens is 350 g/mol. The Kier molecular flexibility index (Phi) is 8.03. The normalized spacial score (nSPS) is 19.1. The fourth-order valence-corrected chi connectivity index (χ4v) is 3.24. The molecule has 2 rings (SSSR count). The minimum atomic E-state index is -0.456. The first-order chi connectivity index (χ1) is 13.0. The van der Waals surface area contributed by atoms with Gasteiger partial charge in [0.25, 0.3) is 11.6 Å². The van der Waals surface area contributed by atoms with Gasteiger partial charge in [0.1, 0.15) is 5.69 Å². The Balaban J connectivity index is 1.62. The van der Waals surface area contributed by atoms with E-state index in [1.54, 1.807) is 18.2 Å². The van der Waals surface area contributed by atoms with Gasteiger partial charge in [0.05, 0.1) is 4.92 Å². The lowest BCUT2D eigenvalue weighted by Gasteiger charge is -2.29. The van der Waals surface area contributed by atoms with E-state index in [4.69, 9.17) is 4.74 Å². The zero-order chi connectivity index (χ0) is 19.6. The van der Waals surface area contributed by atoms with Gasteiger partial charge in [-0.1, -0.05) is 31.9 Å². The van der Waals surface area contributed by atoms with Crippen LogP contribution in [0.3, 0.4) is 0 Å². The van der Waals surface area contributed by atoms with Crippen molar-refractivity contribution in [3.8, 4) is 0 Å². The van der Waals surface area contributed by atoms with Crippen molar-refractivity contribution in [2.24, 2.45) is 5.92 Å². The standard InChI is InChI=1S/C19H27N3O5/c1-14-7-2-3-8-15(14)21-18(23)13-27-19(24)11-6-12-20-16-9-4-5-10-17(16)22(25)26/h4-5,9-10,14-15,20H,2-3,6-8,11-13H2,1H3,(H,21,23)/t14-,15-/m1/s1. The molecule has 0 bridgehead atoms. The van der Waals surface area contributed by atoms with Crippen molar-refractivity contribution in [2.75, 3.05) is 18.5 Å². The van der Waals surface area contributed by atoms with Gasteiger partial charge >= 0.3 is 5.97 Å². The van der Waals surface area contributed by atoms with Crippen LogP contribution < -0.4 is 10.6 Å². The van der Waals surface area contributed by atoms with Crippen LogP contribution in [-0.4, -0.2) is 36.0 Å². The van der Waals surface area contributed by atoms with Crippen LogP contribution in [0.1, 0.15) is 45.4 Å². The first-order valence-electron chi connectivity index (χ1n) is 9.39. The lowest BCUT2D eigenvalue weighted by Crippen LogP contribution is -2.42. The summed E-state index contributed by atoms with van der Waals surface area (Å²) < 4.78 is 5.01. The van der Waals surface area contributed by atoms with Crippen molar-refractivity contribution in [1.29, 1.82) is 0 Å². The first-order valence-corrected chi connectivity index (χ1v) is 9.39. The highest BCUT2D eigenvalue weighted by atomic mass is 16.6. The highest BCUT2D eigenvalue weighted by Crippen LogP contribution is 2.24. The fourth-order valence-electron chi connectivity index (χ4n) is 3.24. The maximum absolute atomic E-state index is 11.9. The molecule has 0 spiro atoms. The zero-order valence-corrected chi connectivity index (χ0v) is 15.6. The smallest absolute Gasteiger partial charge is 0.306 e. The maximum atomic E-state index is 11.9. The zero-order valence-electron chi connectivity index (χ0n) is 15.6. The Bertz CT molecular complexity index is 665. The van der Waals surface area contributed by atoms with Gasteiger partial charge in [0.15, 0.2) is 6.61 Å². The van der Waals surface area contributed by atoms with Gasteiger partial charge in [-0.25, -0.2) is 0 Å². The summed E-state index contributed by atoms with van der Waals surface area (Å²) in [5.74, 6) is -0.266. The molecule has 27 heavy (non-hydrogen) atoms. The molecule has 1 aromatic carbocycles. The lowest BCUT2D eigenvalue weighted by atomic mass is 9.86. The van der Waals surface area contributed by atoms with E-state index >= 15 is 0 Å². The number of amides is 1. The van der Waals surface area contributed by atoms with Crippen molar-refractivity contribution in [2.45, 2.75) is 51.5 Å². The average molecular weight is 377 g/mol. The Morgan fingerprint density at radius 2 is 2.00 bits per heavy atom.